The number of benzene rings is 2. The standard InChI is InChI=1S/C16H17ClO/c1-10-7-11(2)9-13(8-10)16(18)14-6-4-5-12(3)15(14)17/h4-9,16,18H,1-3H3. The number of hydrogen-bond acceptors (Lipinski definition) is 1. The van der Waals surface area contributed by atoms with Crippen LogP contribution < -0.4 is 0 Å². The normalized spacial score (nSPS) is 12.5. The minimum atomic E-state index is -0.670. The highest BCUT2D eigenvalue weighted by atomic mass is 35.5. The fourth-order valence-electron chi connectivity index (χ4n) is 2.23. The summed E-state index contributed by atoms with van der Waals surface area (Å²) in [6, 6.07) is 11.8. The molecule has 0 fully saturated rings. The lowest BCUT2D eigenvalue weighted by Crippen LogP contribution is -2.02. The molecule has 2 rings (SSSR count). The molecule has 0 radical (unpaired) electrons. The lowest BCUT2D eigenvalue weighted by atomic mass is 9.97. The largest absolute Gasteiger partial charge is 0.384 e. The minimum Gasteiger partial charge on any atom is -0.384 e. The lowest BCUT2D eigenvalue weighted by Gasteiger charge is -2.15. The Kier molecular flexibility index (Phi) is 3.74. The molecule has 2 heteroatoms. The van der Waals surface area contributed by atoms with Crippen LogP contribution in [-0.2, 0) is 0 Å². The Balaban J connectivity index is 2.47. The third kappa shape index (κ3) is 2.58. The SMILES string of the molecule is Cc1cc(C)cc(C(O)c2cccc(C)c2Cl)c1. The number of rotatable bonds is 2. The summed E-state index contributed by atoms with van der Waals surface area (Å²) in [4.78, 5) is 0. The molecule has 0 aliphatic heterocycles. The molecule has 18 heavy (non-hydrogen) atoms. The maximum Gasteiger partial charge on any atom is 0.106 e. The Morgan fingerprint density at radius 1 is 1.00 bits per heavy atom. The molecule has 0 heterocycles. The van der Waals surface area contributed by atoms with Gasteiger partial charge in [0.2, 0.25) is 0 Å². The predicted octanol–water partition coefficient (Wildman–Crippen LogP) is 4.35. The molecule has 0 aromatic heterocycles. The van der Waals surface area contributed by atoms with Crippen LogP contribution in [-0.4, -0.2) is 5.11 Å². The highest BCUT2D eigenvalue weighted by Gasteiger charge is 2.15. The van der Waals surface area contributed by atoms with Crippen molar-refractivity contribution in [2.45, 2.75) is 26.9 Å². The first kappa shape index (κ1) is 13.1. The van der Waals surface area contributed by atoms with Crippen LogP contribution in [0.4, 0.5) is 0 Å². The lowest BCUT2D eigenvalue weighted by molar-refractivity contribution is 0.220. The van der Waals surface area contributed by atoms with E-state index in [2.05, 4.69) is 6.07 Å². The molecule has 0 spiro atoms. The van der Waals surface area contributed by atoms with Crippen molar-refractivity contribution in [2.75, 3.05) is 0 Å². The topological polar surface area (TPSA) is 20.2 Å². The second-order valence-corrected chi connectivity index (χ2v) is 5.18. The van der Waals surface area contributed by atoms with Gasteiger partial charge in [0.05, 0.1) is 0 Å². The van der Waals surface area contributed by atoms with Crippen LogP contribution >= 0.6 is 11.6 Å². The number of hydrogen-bond donors (Lipinski definition) is 1. The van der Waals surface area contributed by atoms with Crippen molar-refractivity contribution in [2.24, 2.45) is 0 Å². The summed E-state index contributed by atoms with van der Waals surface area (Å²) in [5, 5.41) is 11.1. The Morgan fingerprint density at radius 3 is 2.22 bits per heavy atom. The van der Waals surface area contributed by atoms with Gasteiger partial charge in [-0.3, -0.25) is 0 Å². The van der Waals surface area contributed by atoms with Gasteiger partial charge in [-0.25, -0.2) is 0 Å². The monoisotopic (exact) mass is 260 g/mol. The molecule has 94 valence electrons. The smallest absolute Gasteiger partial charge is 0.106 e. The zero-order valence-electron chi connectivity index (χ0n) is 10.9. The predicted molar refractivity (Wildman–Crippen MR) is 76.2 cm³/mol. The third-order valence-corrected chi connectivity index (χ3v) is 3.59. The molecule has 0 aliphatic rings. The third-order valence-electron chi connectivity index (χ3n) is 3.08. The van der Waals surface area contributed by atoms with Gasteiger partial charge in [-0.1, -0.05) is 59.1 Å². The zero-order chi connectivity index (χ0) is 13.3. The summed E-state index contributed by atoms with van der Waals surface area (Å²) < 4.78 is 0. The van der Waals surface area contributed by atoms with E-state index in [1.165, 1.54) is 0 Å². The van der Waals surface area contributed by atoms with Crippen LogP contribution in [0.15, 0.2) is 36.4 Å². The molecular formula is C16H17ClO. The summed E-state index contributed by atoms with van der Waals surface area (Å²) in [7, 11) is 0. The van der Waals surface area contributed by atoms with E-state index >= 15 is 0 Å². The van der Waals surface area contributed by atoms with Gasteiger partial charge in [0, 0.05) is 10.6 Å². The molecule has 0 saturated heterocycles. The molecule has 0 bridgehead atoms. The molecule has 0 saturated carbocycles. The van der Waals surface area contributed by atoms with E-state index in [4.69, 9.17) is 11.6 Å². The summed E-state index contributed by atoms with van der Waals surface area (Å²) in [5.74, 6) is 0. The first-order valence-corrected chi connectivity index (χ1v) is 6.38. The van der Waals surface area contributed by atoms with E-state index < -0.39 is 6.10 Å². The molecule has 2 aromatic carbocycles. The van der Waals surface area contributed by atoms with E-state index in [1.807, 2.05) is 51.1 Å². The van der Waals surface area contributed by atoms with Gasteiger partial charge in [-0.15, -0.1) is 0 Å². The van der Waals surface area contributed by atoms with Crippen molar-refractivity contribution in [3.05, 3.63) is 69.2 Å². The quantitative estimate of drug-likeness (QED) is 0.851. The highest BCUT2D eigenvalue weighted by molar-refractivity contribution is 6.32. The fourth-order valence-corrected chi connectivity index (χ4v) is 2.46. The Labute approximate surface area is 113 Å². The van der Waals surface area contributed by atoms with Crippen LogP contribution in [0.3, 0.4) is 0 Å². The second kappa shape index (κ2) is 5.13. The summed E-state index contributed by atoms with van der Waals surface area (Å²) >= 11 is 6.26. The first-order chi connectivity index (χ1) is 8.49. The van der Waals surface area contributed by atoms with Crippen molar-refractivity contribution >= 4 is 11.6 Å². The molecule has 1 atom stereocenters. The maximum absolute atomic E-state index is 10.5. The highest BCUT2D eigenvalue weighted by Crippen LogP contribution is 2.31. The number of aryl methyl sites for hydroxylation is 3. The van der Waals surface area contributed by atoms with E-state index in [9.17, 15) is 5.11 Å². The summed E-state index contributed by atoms with van der Waals surface area (Å²) in [6.45, 7) is 6.00. The molecule has 2 aromatic rings. The minimum absolute atomic E-state index is 0.643. The number of aliphatic hydroxyl groups is 1. The first-order valence-electron chi connectivity index (χ1n) is 6.00. The van der Waals surface area contributed by atoms with Crippen molar-refractivity contribution < 1.29 is 5.11 Å². The van der Waals surface area contributed by atoms with E-state index in [0.29, 0.717) is 5.02 Å². The van der Waals surface area contributed by atoms with E-state index in [-0.39, 0.29) is 0 Å². The van der Waals surface area contributed by atoms with Gasteiger partial charge in [-0.05, 0) is 31.9 Å². The van der Waals surface area contributed by atoms with Gasteiger partial charge >= 0.3 is 0 Å². The molecule has 1 nitrogen and oxygen atoms in total. The van der Waals surface area contributed by atoms with Gasteiger partial charge in [-0.2, -0.15) is 0 Å². The average molecular weight is 261 g/mol. The van der Waals surface area contributed by atoms with Gasteiger partial charge in [0.1, 0.15) is 6.10 Å². The van der Waals surface area contributed by atoms with Crippen LogP contribution in [0.25, 0.3) is 0 Å². The molecule has 0 aliphatic carbocycles. The Hall–Kier alpha value is -1.31. The summed E-state index contributed by atoms with van der Waals surface area (Å²) in [6.07, 6.45) is -0.670. The van der Waals surface area contributed by atoms with Crippen molar-refractivity contribution in [3.63, 3.8) is 0 Å². The number of aliphatic hydroxyl groups excluding tert-OH is 1. The average Bonchev–Trinajstić information content (AvgIpc) is 2.30. The van der Waals surface area contributed by atoms with Crippen LogP contribution in [0.1, 0.15) is 33.9 Å². The van der Waals surface area contributed by atoms with Gasteiger partial charge in [0.15, 0.2) is 0 Å². The second-order valence-electron chi connectivity index (χ2n) is 4.80. The van der Waals surface area contributed by atoms with Gasteiger partial charge < -0.3 is 5.11 Å². The van der Waals surface area contributed by atoms with Crippen molar-refractivity contribution in [3.8, 4) is 0 Å². The van der Waals surface area contributed by atoms with Crippen LogP contribution in [0, 0.1) is 20.8 Å². The molecule has 0 amide bonds. The summed E-state index contributed by atoms with van der Waals surface area (Å²) in [5.41, 5.74) is 4.93. The van der Waals surface area contributed by atoms with E-state index in [0.717, 1.165) is 27.8 Å². The zero-order valence-corrected chi connectivity index (χ0v) is 11.6. The fraction of sp³-hybridized carbons (Fsp3) is 0.250. The van der Waals surface area contributed by atoms with E-state index in [1.54, 1.807) is 0 Å². The van der Waals surface area contributed by atoms with Crippen LogP contribution in [0.5, 0.6) is 0 Å². The Morgan fingerprint density at radius 2 is 1.61 bits per heavy atom. The van der Waals surface area contributed by atoms with Crippen molar-refractivity contribution in [1.82, 2.24) is 0 Å². The van der Waals surface area contributed by atoms with Gasteiger partial charge in [0.25, 0.3) is 0 Å². The molecule has 1 unspecified atom stereocenters. The Bertz CT molecular complexity index is 555. The number of halogens is 1. The molecule has 1 N–H and O–H groups in total. The van der Waals surface area contributed by atoms with Crippen LogP contribution in [0.2, 0.25) is 5.02 Å². The maximum atomic E-state index is 10.5. The van der Waals surface area contributed by atoms with Crippen molar-refractivity contribution in [1.29, 1.82) is 0 Å². The molecular weight excluding hydrogens is 244 g/mol.